The van der Waals surface area contributed by atoms with Crippen LogP contribution >= 0.6 is 11.3 Å². The van der Waals surface area contributed by atoms with Crippen molar-refractivity contribution >= 4 is 11.3 Å². The number of nitrogens with one attached hydrogen (secondary N) is 1. The summed E-state index contributed by atoms with van der Waals surface area (Å²) in [7, 11) is 0. The zero-order valence-electron chi connectivity index (χ0n) is 9.10. The van der Waals surface area contributed by atoms with Crippen LogP contribution in [0.15, 0.2) is 6.33 Å². The highest BCUT2D eigenvalue weighted by molar-refractivity contribution is 7.15. The van der Waals surface area contributed by atoms with E-state index in [9.17, 15) is 0 Å². The topological polar surface area (TPSA) is 63.7 Å². The molecule has 16 heavy (non-hydrogen) atoms. The quantitative estimate of drug-likeness (QED) is 0.822. The van der Waals surface area contributed by atoms with Gasteiger partial charge in [0.1, 0.15) is 6.33 Å². The molecule has 6 heteroatoms. The fraction of sp³-hybridized carbons (Fsp3) is 0.500. The van der Waals surface area contributed by atoms with Crippen molar-refractivity contribution in [3.63, 3.8) is 0 Å². The third kappa shape index (κ3) is 1.54. The van der Waals surface area contributed by atoms with Crippen molar-refractivity contribution in [2.24, 2.45) is 0 Å². The summed E-state index contributed by atoms with van der Waals surface area (Å²) in [5.74, 6) is 0.735. The lowest BCUT2D eigenvalue weighted by molar-refractivity contribution is -0.00316. The monoisotopic (exact) mass is 236 g/mol. The highest BCUT2D eigenvalue weighted by Gasteiger charge is 2.26. The lowest BCUT2D eigenvalue weighted by atomic mass is 10.1. The molecule has 0 saturated heterocycles. The number of H-pyrrole nitrogens is 1. The molecule has 0 bridgehead atoms. The maximum atomic E-state index is 5.77. The van der Waals surface area contributed by atoms with Crippen LogP contribution in [0.2, 0.25) is 0 Å². The molecule has 0 amide bonds. The van der Waals surface area contributed by atoms with E-state index in [1.807, 2.05) is 0 Å². The van der Waals surface area contributed by atoms with Crippen molar-refractivity contribution < 1.29 is 4.74 Å². The molecular weight excluding hydrogens is 224 g/mol. The van der Waals surface area contributed by atoms with Gasteiger partial charge in [0.05, 0.1) is 22.8 Å². The third-order valence-electron chi connectivity index (χ3n) is 2.63. The van der Waals surface area contributed by atoms with Gasteiger partial charge in [-0.15, -0.1) is 11.3 Å². The number of nitrogens with zero attached hydrogens (tertiary/aromatic N) is 3. The smallest absolute Gasteiger partial charge is 0.184 e. The van der Waals surface area contributed by atoms with Crippen LogP contribution in [-0.2, 0) is 11.2 Å². The van der Waals surface area contributed by atoms with Gasteiger partial charge in [0, 0.05) is 6.42 Å². The van der Waals surface area contributed by atoms with Gasteiger partial charge in [0.2, 0.25) is 0 Å². The Bertz CT molecular complexity index is 493. The number of hydrogen-bond donors (Lipinski definition) is 1. The van der Waals surface area contributed by atoms with Crippen LogP contribution in [-0.4, -0.2) is 26.3 Å². The summed E-state index contributed by atoms with van der Waals surface area (Å²) in [6.45, 7) is 4.14. The summed E-state index contributed by atoms with van der Waals surface area (Å²) >= 11 is 1.63. The molecule has 2 aromatic heterocycles. The van der Waals surface area contributed by atoms with Crippen LogP contribution in [0.25, 0.3) is 10.8 Å². The highest BCUT2D eigenvalue weighted by Crippen LogP contribution is 2.36. The van der Waals surface area contributed by atoms with Crippen LogP contribution in [0, 0.1) is 0 Å². The molecule has 2 aromatic rings. The Labute approximate surface area is 96.9 Å². The molecule has 0 fully saturated rings. The second-order valence-electron chi connectivity index (χ2n) is 3.96. The van der Waals surface area contributed by atoms with Gasteiger partial charge in [-0.3, -0.25) is 5.10 Å². The number of rotatable bonds is 1. The second kappa shape index (κ2) is 3.64. The zero-order chi connectivity index (χ0) is 11.1. The summed E-state index contributed by atoms with van der Waals surface area (Å²) in [6, 6.07) is 0. The molecule has 1 aliphatic heterocycles. The minimum atomic E-state index is 0.132. The van der Waals surface area contributed by atoms with E-state index in [1.54, 1.807) is 11.3 Å². The van der Waals surface area contributed by atoms with Gasteiger partial charge in [0.15, 0.2) is 10.8 Å². The molecule has 0 spiro atoms. The van der Waals surface area contributed by atoms with Gasteiger partial charge in [-0.1, -0.05) is 0 Å². The minimum absolute atomic E-state index is 0.132. The molecule has 5 nitrogen and oxygen atoms in total. The summed E-state index contributed by atoms with van der Waals surface area (Å²) in [6.07, 6.45) is 2.75. The Morgan fingerprint density at radius 3 is 3.12 bits per heavy atom. The van der Waals surface area contributed by atoms with E-state index in [0.29, 0.717) is 0 Å². The SMILES string of the molecule is CC1Cc2nc(-c3ncn[nH]3)sc2C(C)O1. The molecule has 3 rings (SSSR count). The molecule has 1 N–H and O–H groups in total. The van der Waals surface area contributed by atoms with Crippen molar-refractivity contribution in [3.8, 4) is 10.8 Å². The first kappa shape index (κ1) is 9.92. The normalized spacial score (nSPS) is 24.4. The average Bonchev–Trinajstić information content (AvgIpc) is 2.82. The summed E-state index contributed by atoms with van der Waals surface area (Å²) < 4.78 is 5.77. The molecule has 3 heterocycles. The van der Waals surface area contributed by atoms with Crippen molar-refractivity contribution in [3.05, 3.63) is 16.9 Å². The molecule has 84 valence electrons. The van der Waals surface area contributed by atoms with Gasteiger partial charge in [0.25, 0.3) is 0 Å². The number of aromatic nitrogens is 4. The van der Waals surface area contributed by atoms with Gasteiger partial charge in [-0.25, -0.2) is 9.97 Å². The first-order valence-electron chi connectivity index (χ1n) is 5.25. The van der Waals surface area contributed by atoms with Crippen molar-refractivity contribution in [2.75, 3.05) is 0 Å². The van der Waals surface area contributed by atoms with Gasteiger partial charge in [-0.2, -0.15) is 5.10 Å². The standard InChI is InChI=1S/C10H12N4OS/c1-5-3-7-8(6(2)15-5)16-10(13-7)9-11-4-12-14-9/h4-6H,3H2,1-2H3,(H,11,12,14). The first-order chi connectivity index (χ1) is 7.74. The Hall–Kier alpha value is -1.27. The lowest BCUT2D eigenvalue weighted by Crippen LogP contribution is -2.20. The van der Waals surface area contributed by atoms with E-state index in [2.05, 4.69) is 34.0 Å². The molecular formula is C10H12N4OS. The summed E-state index contributed by atoms with van der Waals surface area (Å²) in [5.41, 5.74) is 1.14. The van der Waals surface area contributed by atoms with Crippen LogP contribution in [0.5, 0.6) is 0 Å². The molecule has 0 radical (unpaired) electrons. The molecule has 0 saturated carbocycles. The number of hydrogen-bond acceptors (Lipinski definition) is 5. The first-order valence-corrected chi connectivity index (χ1v) is 6.06. The van der Waals surface area contributed by atoms with Crippen LogP contribution in [0.3, 0.4) is 0 Å². The summed E-state index contributed by atoms with van der Waals surface area (Å²) in [5, 5.41) is 7.57. The van der Waals surface area contributed by atoms with E-state index >= 15 is 0 Å². The predicted octanol–water partition coefficient (Wildman–Crippen LogP) is 1.95. The van der Waals surface area contributed by atoms with Gasteiger partial charge < -0.3 is 4.74 Å². The van der Waals surface area contributed by atoms with E-state index in [-0.39, 0.29) is 12.2 Å². The Kier molecular flexibility index (Phi) is 2.26. The van der Waals surface area contributed by atoms with Crippen LogP contribution in [0.4, 0.5) is 0 Å². The molecule has 0 aliphatic carbocycles. The predicted molar refractivity (Wildman–Crippen MR) is 60.2 cm³/mol. The number of ether oxygens (including phenoxy) is 1. The fourth-order valence-electron chi connectivity index (χ4n) is 1.97. The van der Waals surface area contributed by atoms with Crippen molar-refractivity contribution in [1.29, 1.82) is 0 Å². The second-order valence-corrected chi connectivity index (χ2v) is 4.99. The minimum Gasteiger partial charge on any atom is -0.370 e. The molecule has 1 aliphatic rings. The molecule has 2 atom stereocenters. The maximum Gasteiger partial charge on any atom is 0.184 e. The van der Waals surface area contributed by atoms with Gasteiger partial charge in [-0.05, 0) is 13.8 Å². The van der Waals surface area contributed by atoms with Crippen molar-refractivity contribution in [2.45, 2.75) is 32.5 Å². The fourth-order valence-corrected chi connectivity index (χ4v) is 3.00. The van der Waals surface area contributed by atoms with E-state index in [0.717, 1.165) is 22.9 Å². The van der Waals surface area contributed by atoms with Crippen molar-refractivity contribution in [1.82, 2.24) is 20.2 Å². The van der Waals surface area contributed by atoms with Crippen LogP contribution in [0.1, 0.15) is 30.5 Å². The Morgan fingerprint density at radius 1 is 1.50 bits per heavy atom. The van der Waals surface area contributed by atoms with Crippen LogP contribution < -0.4 is 0 Å². The zero-order valence-corrected chi connectivity index (χ0v) is 9.91. The lowest BCUT2D eigenvalue weighted by Gasteiger charge is -2.23. The Balaban J connectivity index is 2.03. The summed E-state index contributed by atoms with van der Waals surface area (Å²) in [4.78, 5) is 9.93. The highest BCUT2D eigenvalue weighted by atomic mass is 32.1. The largest absolute Gasteiger partial charge is 0.370 e. The maximum absolute atomic E-state index is 5.77. The number of fused-ring (bicyclic) bond motifs is 1. The number of thiazole rings is 1. The third-order valence-corrected chi connectivity index (χ3v) is 3.90. The Morgan fingerprint density at radius 2 is 2.38 bits per heavy atom. The van der Waals surface area contributed by atoms with E-state index in [4.69, 9.17) is 4.74 Å². The van der Waals surface area contributed by atoms with Gasteiger partial charge >= 0.3 is 0 Å². The van der Waals surface area contributed by atoms with E-state index < -0.39 is 0 Å². The van der Waals surface area contributed by atoms with E-state index in [1.165, 1.54) is 11.2 Å². The number of aromatic amines is 1. The molecule has 0 aromatic carbocycles. The molecule has 2 unspecified atom stereocenters. The average molecular weight is 236 g/mol.